The van der Waals surface area contributed by atoms with Crippen LogP contribution in [0.1, 0.15) is 23.6 Å². The van der Waals surface area contributed by atoms with E-state index in [-0.39, 0.29) is 34.9 Å². The molecular weight excluding hydrogens is 609 g/mol. The van der Waals surface area contributed by atoms with Gasteiger partial charge >= 0.3 is 0 Å². The molecule has 4 aromatic carbocycles. The van der Waals surface area contributed by atoms with Crippen LogP contribution in [0.4, 0.5) is 10.1 Å². The number of carbonyl (C=O) groups is 2. The molecule has 9 nitrogen and oxygen atoms in total. The zero-order valence-corrected chi connectivity index (χ0v) is 27.1. The summed E-state index contributed by atoms with van der Waals surface area (Å²) in [5.41, 5.74) is 1.84. The monoisotopic (exact) mass is 647 g/mol. The van der Waals surface area contributed by atoms with Crippen LogP contribution in [0.5, 0.6) is 11.5 Å². The molecule has 0 spiro atoms. The molecule has 4 rings (SSSR count). The highest BCUT2D eigenvalue weighted by atomic mass is 32.2. The number of ether oxygens (including phenoxy) is 2. The first-order valence-electron chi connectivity index (χ1n) is 14.7. The van der Waals surface area contributed by atoms with Crippen LogP contribution in [0, 0.1) is 12.7 Å². The molecular formula is C35H38FN3O6S. The number of aryl methyl sites for hydroxylation is 1. The topological polar surface area (TPSA) is 105 Å². The minimum atomic E-state index is -4.38. The summed E-state index contributed by atoms with van der Waals surface area (Å²) in [7, 11) is -1.55. The zero-order valence-electron chi connectivity index (χ0n) is 26.3. The molecule has 242 valence electrons. The van der Waals surface area contributed by atoms with Gasteiger partial charge in [-0.1, -0.05) is 66.2 Å². The molecule has 0 saturated heterocycles. The lowest BCUT2D eigenvalue weighted by Crippen LogP contribution is -2.53. The number of amides is 2. The lowest BCUT2D eigenvalue weighted by Gasteiger charge is -2.34. The highest BCUT2D eigenvalue weighted by Gasteiger charge is 2.36. The third-order valence-electron chi connectivity index (χ3n) is 7.46. The van der Waals surface area contributed by atoms with E-state index in [9.17, 15) is 18.0 Å². The zero-order chi connectivity index (χ0) is 33.3. The second-order valence-electron chi connectivity index (χ2n) is 10.6. The maximum absolute atomic E-state index is 15.0. The Morgan fingerprint density at radius 3 is 2.20 bits per heavy atom. The second-order valence-corrected chi connectivity index (χ2v) is 12.4. The number of benzene rings is 4. The molecule has 0 unspecified atom stereocenters. The number of sulfonamides is 1. The normalized spacial score (nSPS) is 11.8. The maximum atomic E-state index is 15.0. The van der Waals surface area contributed by atoms with Crippen LogP contribution in [-0.2, 0) is 32.6 Å². The Morgan fingerprint density at radius 1 is 0.891 bits per heavy atom. The Hall–Kier alpha value is -4.90. The minimum Gasteiger partial charge on any atom is -0.497 e. The first-order valence-corrected chi connectivity index (χ1v) is 16.2. The van der Waals surface area contributed by atoms with Crippen molar-refractivity contribution < 1.29 is 31.9 Å². The van der Waals surface area contributed by atoms with E-state index in [0.717, 1.165) is 15.4 Å². The van der Waals surface area contributed by atoms with Crippen LogP contribution in [0.15, 0.2) is 102 Å². The van der Waals surface area contributed by atoms with E-state index in [1.165, 1.54) is 55.5 Å². The third kappa shape index (κ3) is 8.02. The van der Waals surface area contributed by atoms with Crippen LogP contribution >= 0.6 is 0 Å². The predicted molar refractivity (Wildman–Crippen MR) is 175 cm³/mol. The molecule has 0 aliphatic carbocycles. The molecule has 46 heavy (non-hydrogen) atoms. The Balaban J connectivity index is 1.87. The predicted octanol–water partition coefficient (Wildman–Crippen LogP) is 5.12. The average molecular weight is 648 g/mol. The minimum absolute atomic E-state index is 0.0546. The van der Waals surface area contributed by atoms with Gasteiger partial charge in [0.15, 0.2) is 0 Å². The lowest BCUT2D eigenvalue weighted by atomic mass is 10.0. The van der Waals surface area contributed by atoms with Gasteiger partial charge in [0.2, 0.25) is 11.8 Å². The third-order valence-corrected chi connectivity index (χ3v) is 9.24. The van der Waals surface area contributed by atoms with E-state index in [0.29, 0.717) is 12.3 Å². The SMILES string of the molecule is CCNC(=O)[C@@H](Cc1ccccc1)N(Cc1ccccc1F)C(=O)CN(c1cc(OC)ccc1OC)S(=O)(=O)c1ccc(C)cc1. The summed E-state index contributed by atoms with van der Waals surface area (Å²) in [6.45, 7) is 2.87. The van der Waals surface area contributed by atoms with Gasteiger partial charge in [-0.05, 0) is 49.7 Å². The Kier molecular flexibility index (Phi) is 11.4. The summed E-state index contributed by atoms with van der Waals surface area (Å²) in [5.74, 6) is -1.23. The lowest BCUT2D eigenvalue weighted by molar-refractivity contribution is -0.140. The van der Waals surface area contributed by atoms with Gasteiger partial charge in [0.05, 0.1) is 24.8 Å². The largest absolute Gasteiger partial charge is 0.497 e. The number of methoxy groups -OCH3 is 2. The average Bonchev–Trinajstić information content (AvgIpc) is 3.06. The molecule has 0 aromatic heterocycles. The number of anilines is 1. The highest BCUT2D eigenvalue weighted by molar-refractivity contribution is 7.92. The smallest absolute Gasteiger partial charge is 0.264 e. The number of nitrogens with zero attached hydrogens (tertiary/aromatic N) is 2. The van der Waals surface area contributed by atoms with Crippen LogP contribution in [-0.4, -0.2) is 58.5 Å². The molecule has 0 aliphatic heterocycles. The molecule has 0 saturated carbocycles. The van der Waals surface area contributed by atoms with E-state index >= 15 is 4.39 Å². The van der Waals surface area contributed by atoms with E-state index in [2.05, 4.69) is 5.32 Å². The van der Waals surface area contributed by atoms with E-state index in [1.807, 2.05) is 37.3 Å². The fraction of sp³-hybridized carbons (Fsp3) is 0.257. The van der Waals surface area contributed by atoms with E-state index in [4.69, 9.17) is 9.47 Å². The van der Waals surface area contributed by atoms with E-state index < -0.39 is 40.2 Å². The highest BCUT2D eigenvalue weighted by Crippen LogP contribution is 2.36. The van der Waals surface area contributed by atoms with Crippen LogP contribution in [0.2, 0.25) is 0 Å². The Bertz CT molecular complexity index is 1750. The molecule has 4 aromatic rings. The number of likely N-dealkylation sites (N-methyl/N-ethyl adjacent to an activating group) is 1. The van der Waals surface area contributed by atoms with Gasteiger partial charge < -0.3 is 19.7 Å². The standard InChI is InChI=1S/C35H38FN3O6S/c1-5-37-35(41)32(21-26-11-7-6-8-12-26)38(23-27-13-9-10-14-30(27)36)34(40)24-39(31-22-28(44-3)17-20-33(31)45-4)46(42,43)29-18-15-25(2)16-19-29/h6-20,22,32H,5,21,23-24H2,1-4H3,(H,37,41)/t32-/m1/s1. The van der Waals surface area contributed by atoms with Crippen molar-refractivity contribution in [3.63, 3.8) is 0 Å². The first kappa shape index (κ1) is 34.0. The van der Waals surface area contributed by atoms with Crippen molar-refractivity contribution in [3.8, 4) is 11.5 Å². The molecule has 0 radical (unpaired) electrons. The fourth-order valence-corrected chi connectivity index (χ4v) is 6.42. The number of halogens is 1. The first-order chi connectivity index (χ1) is 22.1. The van der Waals surface area contributed by atoms with Crippen LogP contribution < -0.4 is 19.1 Å². The summed E-state index contributed by atoms with van der Waals surface area (Å²) in [6.07, 6.45) is 0.111. The summed E-state index contributed by atoms with van der Waals surface area (Å²) in [4.78, 5) is 29.3. The molecule has 1 atom stereocenters. The van der Waals surface area contributed by atoms with Crippen molar-refractivity contribution in [2.75, 3.05) is 31.6 Å². The molecule has 11 heteroatoms. The van der Waals surface area contributed by atoms with Crippen molar-refractivity contribution in [1.29, 1.82) is 0 Å². The number of carbonyl (C=O) groups excluding carboxylic acids is 2. The number of hydrogen-bond donors (Lipinski definition) is 1. The van der Waals surface area contributed by atoms with Gasteiger partial charge in [0.25, 0.3) is 10.0 Å². The molecule has 1 N–H and O–H groups in total. The summed E-state index contributed by atoms with van der Waals surface area (Å²) >= 11 is 0. The molecule has 0 heterocycles. The summed E-state index contributed by atoms with van der Waals surface area (Å²) < 4.78 is 55.5. The molecule has 0 aliphatic rings. The van der Waals surface area contributed by atoms with Crippen LogP contribution in [0.25, 0.3) is 0 Å². The molecule has 0 bridgehead atoms. The van der Waals surface area contributed by atoms with Crippen molar-refractivity contribution in [2.24, 2.45) is 0 Å². The van der Waals surface area contributed by atoms with Gasteiger partial charge in [0, 0.05) is 31.1 Å². The molecule has 2 amide bonds. The maximum Gasteiger partial charge on any atom is 0.264 e. The van der Waals surface area contributed by atoms with Crippen LogP contribution in [0.3, 0.4) is 0 Å². The number of rotatable bonds is 14. The second kappa shape index (κ2) is 15.4. The van der Waals surface area contributed by atoms with Gasteiger partial charge in [-0.2, -0.15) is 0 Å². The number of nitrogens with one attached hydrogen (secondary N) is 1. The van der Waals surface area contributed by atoms with Gasteiger partial charge in [-0.25, -0.2) is 12.8 Å². The Labute approximate surface area is 269 Å². The quantitative estimate of drug-likeness (QED) is 0.204. The van der Waals surface area contributed by atoms with Crippen molar-refractivity contribution in [2.45, 2.75) is 37.8 Å². The number of hydrogen-bond acceptors (Lipinski definition) is 6. The van der Waals surface area contributed by atoms with Crippen molar-refractivity contribution in [3.05, 3.63) is 120 Å². The Morgan fingerprint density at radius 2 is 1.57 bits per heavy atom. The fourth-order valence-electron chi connectivity index (χ4n) is 5.00. The van der Waals surface area contributed by atoms with Gasteiger partial charge in [-0.15, -0.1) is 0 Å². The van der Waals surface area contributed by atoms with Gasteiger partial charge in [0.1, 0.15) is 29.9 Å². The summed E-state index contributed by atoms with van der Waals surface area (Å²) in [6, 6.07) is 24.8. The molecule has 0 fully saturated rings. The van der Waals surface area contributed by atoms with E-state index in [1.54, 1.807) is 37.3 Å². The van der Waals surface area contributed by atoms with Crippen molar-refractivity contribution >= 4 is 27.5 Å². The van der Waals surface area contributed by atoms with Gasteiger partial charge in [-0.3, -0.25) is 13.9 Å². The van der Waals surface area contributed by atoms with Crippen molar-refractivity contribution in [1.82, 2.24) is 10.2 Å². The summed E-state index contributed by atoms with van der Waals surface area (Å²) in [5, 5.41) is 2.79.